The number of nitrogens with zero attached hydrogens (tertiary/aromatic N) is 2. The number of hydrogen-bond acceptors (Lipinski definition) is 5. The molecule has 2 rings (SSSR count). The number of amides is 2. The number of aromatic nitrogens is 2. The lowest BCUT2D eigenvalue weighted by atomic mass is 10.2. The van der Waals surface area contributed by atoms with Crippen molar-refractivity contribution in [2.75, 3.05) is 10.6 Å². The third-order valence-corrected chi connectivity index (χ3v) is 3.76. The smallest absolute Gasteiger partial charge is 0.326 e. The normalized spacial score (nSPS) is 11.2. The van der Waals surface area contributed by atoms with Crippen molar-refractivity contribution in [1.82, 2.24) is 10.2 Å². The first-order valence-electron chi connectivity index (χ1n) is 6.50. The molecule has 0 fully saturated rings. The fourth-order valence-electron chi connectivity index (χ4n) is 1.55. The highest BCUT2D eigenvalue weighted by atomic mass is 35.5. The van der Waals surface area contributed by atoms with Gasteiger partial charge in [0.2, 0.25) is 22.0 Å². The number of hydrogen-bond donors (Lipinski definition) is 2. The summed E-state index contributed by atoms with van der Waals surface area (Å²) in [6.45, 7) is 0. The summed E-state index contributed by atoms with van der Waals surface area (Å²) < 4.78 is 37.1. The number of halogens is 4. The van der Waals surface area contributed by atoms with Gasteiger partial charge >= 0.3 is 6.18 Å². The molecule has 0 radical (unpaired) electrons. The fraction of sp³-hybridized carbons (Fsp3) is 0.231. The van der Waals surface area contributed by atoms with Gasteiger partial charge in [0.15, 0.2) is 0 Å². The van der Waals surface area contributed by atoms with Crippen LogP contribution in [0.2, 0.25) is 5.02 Å². The highest BCUT2D eigenvalue weighted by molar-refractivity contribution is 7.15. The lowest BCUT2D eigenvalue weighted by Gasteiger charge is -2.05. The SMILES string of the molecule is O=C(CCC(=O)Nc1nnc(C(F)(F)F)s1)Nc1ccc(Cl)cc1. The quantitative estimate of drug-likeness (QED) is 0.833. The van der Waals surface area contributed by atoms with E-state index in [9.17, 15) is 22.8 Å². The Bertz CT molecular complexity index is 734. The summed E-state index contributed by atoms with van der Waals surface area (Å²) in [5.41, 5.74) is 0.517. The Hall–Kier alpha value is -2.20. The Kier molecular flexibility index (Phi) is 5.73. The zero-order valence-corrected chi connectivity index (χ0v) is 13.4. The van der Waals surface area contributed by atoms with E-state index in [1.807, 2.05) is 0 Å². The molecular formula is C13H10ClF3N4O2S. The highest BCUT2D eigenvalue weighted by Crippen LogP contribution is 2.32. The van der Waals surface area contributed by atoms with Crippen LogP contribution in [0.1, 0.15) is 17.8 Å². The molecular weight excluding hydrogens is 369 g/mol. The van der Waals surface area contributed by atoms with Crippen LogP contribution in [0, 0.1) is 0 Å². The maximum atomic E-state index is 12.4. The Morgan fingerprint density at radius 3 is 2.17 bits per heavy atom. The van der Waals surface area contributed by atoms with E-state index in [0.717, 1.165) is 0 Å². The minimum Gasteiger partial charge on any atom is -0.326 e. The van der Waals surface area contributed by atoms with Crippen LogP contribution in [0.25, 0.3) is 0 Å². The Morgan fingerprint density at radius 2 is 1.62 bits per heavy atom. The number of benzene rings is 1. The first kappa shape index (κ1) is 18.1. The van der Waals surface area contributed by atoms with Gasteiger partial charge in [-0.05, 0) is 24.3 Å². The summed E-state index contributed by atoms with van der Waals surface area (Å²) >= 11 is 5.93. The standard InChI is InChI=1S/C13H10ClF3N4O2S/c14-7-1-3-8(4-2-7)18-9(22)5-6-10(23)19-12-21-20-11(24-12)13(15,16)17/h1-4H,5-6H2,(H,18,22)(H,19,21,23). The Morgan fingerprint density at radius 1 is 1.04 bits per heavy atom. The molecule has 0 aliphatic heterocycles. The molecule has 2 N–H and O–H groups in total. The minimum absolute atomic E-state index is 0.139. The van der Waals surface area contributed by atoms with Gasteiger partial charge in [-0.15, -0.1) is 10.2 Å². The van der Waals surface area contributed by atoms with Crippen LogP contribution in [-0.4, -0.2) is 22.0 Å². The van der Waals surface area contributed by atoms with Crippen LogP contribution in [-0.2, 0) is 15.8 Å². The number of carbonyl (C=O) groups excluding carboxylic acids is 2. The van der Waals surface area contributed by atoms with Crippen molar-refractivity contribution in [3.8, 4) is 0 Å². The van der Waals surface area contributed by atoms with Crippen LogP contribution < -0.4 is 10.6 Å². The lowest BCUT2D eigenvalue weighted by Crippen LogP contribution is -2.17. The number of nitrogens with one attached hydrogen (secondary N) is 2. The number of carbonyl (C=O) groups is 2. The van der Waals surface area contributed by atoms with E-state index in [0.29, 0.717) is 10.7 Å². The van der Waals surface area contributed by atoms with Crippen molar-refractivity contribution in [3.05, 3.63) is 34.3 Å². The molecule has 0 saturated carbocycles. The van der Waals surface area contributed by atoms with Gasteiger partial charge < -0.3 is 10.6 Å². The van der Waals surface area contributed by atoms with E-state index < -0.39 is 23.0 Å². The minimum atomic E-state index is -4.61. The number of anilines is 2. The first-order valence-corrected chi connectivity index (χ1v) is 7.69. The predicted octanol–water partition coefficient (Wildman–Crippen LogP) is 3.57. The third kappa shape index (κ3) is 5.46. The molecule has 0 spiro atoms. The second-order valence-corrected chi connectivity index (χ2v) is 5.93. The summed E-state index contributed by atoms with van der Waals surface area (Å²) in [7, 11) is 0. The summed E-state index contributed by atoms with van der Waals surface area (Å²) in [6, 6.07) is 6.38. The largest absolute Gasteiger partial charge is 0.445 e. The molecule has 0 aliphatic rings. The van der Waals surface area contributed by atoms with Gasteiger partial charge in [-0.25, -0.2) is 0 Å². The van der Waals surface area contributed by atoms with E-state index >= 15 is 0 Å². The number of alkyl halides is 3. The molecule has 128 valence electrons. The molecule has 0 atom stereocenters. The molecule has 1 aromatic heterocycles. The highest BCUT2D eigenvalue weighted by Gasteiger charge is 2.35. The average Bonchev–Trinajstić information content (AvgIpc) is 2.96. The van der Waals surface area contributed by atoms with E-state index in [1.165, 1.54) is 0 Å². The first-order chi connectivity index (χ1) is 11.2. The predicted molar refractivity (Wildman–Crippen MR) is 82.9 cm³/mol. The summed E-state index contributed by atoms with van der Waals surface area (Å²) in [6.07, 6.45) is -4.96. The molecule has 0 aliphatic carbocycles. The van der Waals surface area contributed by atoms with Gasteiger partial charge in [0.25, 0.3) is 0 Å². The molecule has 0 bridgehead atoms. The van der Waals surface area contributed by atoms with Crippen molar-refractivity contribution >= 4 is 45.6 Å². The molecule has 1 aromatic carbocycles. The molecule has 0 unspecified atom stereocenters. The zero-order chi connectivity index (χ0) is 17.7. The topological polar surface area (TPSA) is 84.0 Å². The van der Waals surface area contributed by atoms with Crippen LogP contribution in [0.3, 0.4) is 0 Å². The van der Waals surface area contributed by atoms with Crippen molar-refractivity contribution in [2.45, 2.75) is 19.0 Å². The van der Waals surface area contributed by atoms with Crippen LogP contribution in [0.15, 0.2) is 24.3 Å². The van der Waals surface area contributed by atoms with Gasteiger partial charge in [-0.1, -0.05) is 22.9 Å². The number of rotatable bonds is 5. The molecule has 2 aromatic rings. The maximum Gasteiger partial charge on any atom is 0.445 e. The van der Waals surface area contributed by atoms with Gasteiger partial charge in [-0.2, -0.15) is 13.2 Å². The lowest BCUT2D eigenvalue weighted by molar-refractivity contribution is -0.138. The van der Waals surface area contributed by atoms with Gasteiger partial charge in [0, 0.05) is 23.6 Å². The second kappa shape index (κ2) is 7.58. The molecule has 11 heteroatoms. The van der Waals surface area contributed by atoms with Crippen LogP contribution in [0.5, 0.6) is 0 Å². The van der Waals surface area contributed by atoms with Gasteiger partial charge in [0.05, 0.1) is 0 Å². The maximum absolute atomic E-state index is 12.4. The van der Waals surface area contributed by atoms with Crippen molar-refractivity contribution in [2.24, 2.45) is 0 Å². The average molecular weight is 379 g/mol. The van der Waals surface area contributed by atoms with E-state index in [4.69, 9.17) is 11.6 Å². The molecule has 24 heavy (non-hydrogen) atoms. The molecule has 6 nitrogen and oxygen atoms in total. The zero-order valence-electron chi connectivity index (χ0n) is 11.9. The van der Waals surface area contributed by atoms with E-state index in [-0.39, 0.29) is 29.3 Å². The molecule has 1 heterocycles. The van der Waals surface area contributed by atoms with Crippen molar-refractivity contribution in [1.29, 1.82) is 0 Å². The van der Waals surface area contributed by atoms with Crippen molar-refractivity contribution < 1.29 is 22.8 Å². The van der Waals surface area contributed by atoms with Gasteiger partial charge in [-0.3, -0.25) is 9.59 Å². The Balaban J connectivity index is 1.79. The summed E-state index contributed by atoms with van der Waals surface area (Å²) in [5, 5.41) is 9.99. The monoisotopic (exact) mass is 378 g/mol. The van der Waals surface area contributed by atoms with Crippen LogP contribution in [0.4, 0.5) is 24.0 Å². The van der Waals surface area contributed by atoms with E-state index in [1.54, 1.807) is 24.3 Å². The molecule has 2 amide bonds. The summed E-state index contributed by atoms with van der Waals surface area (Å²) in [4.78, 5) is 23.3. The molecule has 0 saturated heterocycles. The van der Waals surface area contributed by atoms with Crippen LogP contribution >= 0.6 is 22.9 Å². The third-order valence-electron chi connectivity index (χ3n) is 2.62. The van der Waals surface area contributed by atoms with Crippen molar-refractivity contribution in [3.63, 3.8) is 0 Å². The second-order valence-electron chi connectivity index (χ2n) is 4.51. The van der Waals surface area contributed by atoms with E-state index in [2.05, 4.69) is 20.8 Å². The van der Waals surface area contributed by atoms with Gasteiger partial charge in [0.1, 0.15) is 0 Å². The fourth-order valence-corrected chi connectivity index (χ4v) is 2.31. The Labute approximate surface area is 143 Å². The summed E-state index contributed by atoms with van der Waals surface area (Å²) in [5.74, 6) is -1.05.